The van der Waals surface area contributed by atoms with Gasteiger partial charge in [0.25, 0.3) is 11.8 Å². The first-order valence-corrected chi connectivity index (χ1v) is 23.4. The van der Waals surface area contributed by atoms with Gasteiger partial charge in [-0.3, -0.25) is 19.6 Å². The number of hydrogen-bond acceptors (Lipinski definition) is 12. The van der Waals surface area contributed by atoms with Gasteiger partial charge in [-0.05, 0) is 60.7 Å². The number of anilines is 4. The van der Waals surface area contributed by atoms with Gasteiger partial charge in [0.2, 0.25) is 11.6 Å². The second-order valence-corrected chi connectivity index (χ2v) is 17.5. The normalized spacial score (nSPS) is 13.8. The maximum atomic E-state index is 14.6. The number of ether oxygens (including phenoxy) is 2. The summed E-state index contributed by atoms with van der Waals surface area (Å²) < 4.78 is 122. The minimum absolute atomic E-state index is 0.0440. The van der Waals surface area contributed by atoms with Crippen molar-refractivity contribution >= 4 is 80.1 Å². The molecule has 0 atom stereocenters. The molecule has 24 heteroatoms. The van der Waals surface area contributed by atoms with E-state index in [0.717, 1.165) is 88.8 Å². The average molecular weight is 1080 g/mol. The SMILES string of the molecule is O=C(Nc1cc(F)c(F)c(Oc2ccc3ncc(N4CCNCC4)nc3c2)c1)c1ccc(Cl)c(C(F)(F)F)c1.O=C(Nc1cc(F)c(F)c(Oc2ccc3ncc(N4CCNCC4)nc3c2)c1)c1ccc(Cl)c(F)c1. The molecule has 2 saturated heterocycles. The number of fused-ring (bicyclic) bond motifs is 2. The molecule has 2 amide bonds. The number of aromatic nitrogens is 4. The van der Waals surface area contributed by atoms with Crippen LogP contribution in [0.1, 0.15) is 26.3 Å². The molecule has 2 fully saturated rings. The van der Waals surface area contributed by atoms with Gasteiger partial charge in [-0.2, -0.15) is 22.0 Å². The molecule has 8 aromatic rings. The highest BCUT2D eigenvalue weighted by atomic mass is 35.5. The van der Waals surface area contributed by atoms with Crippen LogP contribution in [0.4, 0.5) is 58.1 Å². The molecule has 0 spiro atoms. The van der Waals surface area contributed by atoms with Crippen molar-refractivity contribution in [1.82, 2.24) is 30.6 Å². The molecule has 2 aromatic heterocycles. The summed E-state index contributed by atoms with van der Waals surface area (Å²) in [6.07, 6.45) is -1.43. The molecular weight excluding hydrogens is 1040 g/mol. The van der Waals surface area contributed by atoms with Crippen molar-refractivity contribution in [3.05, 3.63) is 165 Å². The van der Waals surface area contributed by atoms with E-state index in [4.69, 9.17) is 32.7 Å². The summed E-state index contributed by atoms with van der Waals surface area (Å²) in [6.45, 7) is 6.40. The first-order chi connectivity index (χ1) is 35.9. The van der Waals surface area contributed by atoms with Crippen LogP contribution in [0.5, 0.6) is 23.0 Å². The zero-order valence-electron chi connectivity index (χ0n) is 38.6. The van der Waals surface area contributed by atoms with Gasteiger partial charge in [0.1, 0.15) is 29.0 Å². The van der Waals surface area contributed by atoms with Crippen LogP contribution in [0.2, 0.25) is 10.0 Å². The summed E-state index contributed by atoms with van der Waals surface area (Å²) >= 11 is 11.2. The molecule has 2 aliphatic heterocycles. The number of nitrogens with one attached hydrogen (secondary N) is 4. The van der Waals surface area contributed by atoms with Gasteiger partial charge in [0, 0.05) is 111 Å². The van der Waals surface area contributed by atoms with E-state index >= 15 is 0 Å². The highest BCUT2D eigenvalue weighted by molar-refractivity contribution is 6.31. The molecule has 0 radical (unpaired) electrons. The lowest BCUT2D eigenvalue weighted by Gasteiger charge is -2.28. The summed E-state index contributed by atoms with van der Waals surface area (Å²) in [5.41, 5.74) is 0.232. The minimum Gasteiger partial charge on any atom is -0.454 e. The second kappa shape index (κ2) is 22.3. The maximum absolute atomic E-state index is 14.6. The van der Waals surface area contributed by atoms with Crippen LogP contribution in [-0.4, -0.2) is 84.1 Å². The van der Waals surface area contributed by atoms with Gasteiger partial charge >= 0.3 is 6.18 Å². The van der Waals surface area contributed by atoms with Crippen LogP contribution in [-0.2, 0) is 6.18 Å². The van der Waals surface area contributed by atoms with Crippen molar-refractivity contribution in [3.63, 3.8) is 0 Å². The Bertz CT molecular complexity index is 3480. The number of carbonyl (C=O) groups is 2. The lowest BCUT2D eigenvalue weighted by atomic mass is 10.1. The quantitative estimate of drug-likeness (QED) is 0.0962. The molecule has 0 bridgehead atoms. The number of carbonyl (C=O) groups excluding carboxylic acids is 2. The average Bonchev–Trinajstić information content (AvgIpc) is 3.40. The van der Waals surface area contributed by atoms with E-state index in [1.54, 1.807) is 36.7 Å². The molecule has 386 valence electrons. The number of piperazine rings is 2. The molecule has 6 aromatic carbocycles. The zero-order valence-corrected chi connectivity index (χ0v) is 40.2. The third-order valence-corrected chi connectivity index (χ3v) is 12.2. The molecule has 0 unspecified atom stereocenters. The predicted octanol–water partition coefficient (Wildman–Crippen LogP) is 11.2. The number of amides is 2. The van der Waals surface area contributed by atoms with Crippen molar-refractivity contribution < 1.29 is 54.2 Å². The molecule has 0 aliphatic carbocycles. The van der Waals surface area contributed by atoms with Crippen LogP contribution in [0, 0.1) is 29.1 Å². The Labute approximate surface area is 430 Å². The van der Waals surface area contributed by atoms with E-state index in [9.17, 15) is 44.7 Å². The summed E-state index contributed by atoms with van der Waals surface area (Å²) in [5, 5.41) is 10.5. The smallest absolute Gasteiger partial charge is 0.417 e. The second-order valence-electron chi connectivity index (χ2n) is 16.7. The van der Waals surface area contributed by atoms with Crippen LogP contribution in [0.25, 0.3) is 22.1 Å². The van der Waals surface area contributed by atoms with E-state index in [0.29, 0.717) is 45.8 Å². The van der Waals surface area contributed by atoms with Crippen molar-refractivity contribution in [3.8, 4) is 23.0 Å². The number of hydrogen-bond donors (Lipinski definition) is 4. The zero-order chi connectivity index (χ0) is 53.0. The Morgan fingerprint density at radius 3 is 1.41 bits per heavy atom. The van der Waals surface area contributed by atoms with Crippen molar-refractivity contribution in [1.29, 1.82) is 0 Å². The first kappa shape index (κ1) is 52.0. The fourth-order valence-electron chi connectivity index (χ4n) is 7.78. The van der Waals surface area contributed by atoms with Crippen molar-refractivity contribution in [2.24, 2.45) is 0 Å². The van der Waals surface area contributed by atoms with Gasteiger partial charge in [0.15, 0.2) is 23.1 Å². The highest BCUT2D eigenvalue weighted by Crippen LogP contribution is 2.37. The molecule has 75 heavy (non-hydrogen) atoms. The fourth-order valence-corrected chi connectivity index (χ4v) is 8.13. The van der Waals surface area contributed by atoms with E-state index in [2.05, 4.69) is 51.0 Å². The number of benzene rings is 6. The van der Waals surface area contributed by atoms with Crippen molar-refractivity contribution in [2.75, 3.05) is 72.8 Å². The summed E-state index contributed by atoms with van der Waals surface area (Å²) in [7, 11) is 0. The van der Waals surface area contributed by atoms with E-state index in [1.165, 1.54) is 24.3 Å². The Morgan fingerprint density at radius 1 is 0.533 bits per heavy atom. The number of alkyl halides is 3. The van der Waals surface area contributed by atoms with Crippen LogP contribution < -0.4 is 40.5 Å². The minimum atomic E-state index is -4.79. The van der Waals surface area contributed by atoms with E-state index in [1.807, 2.05) is 0 Å². The molecule has 14 nitrogen and oxygen atoms in total. The van der Waals surface area contributed by atoms with Crippen LogP contribution in [0.3, 0.4) is 0 Å². The first-order valence-electron chi connectivity index (χ1n) is 22.7. The van der Waals surface area contributed by atoms with E-state index in [-0.39, 0.29) is 39.0 Å². The van der Waals surface area contributed by atoms with Crippen molar-refractivity contribution in [2.45, 2.75) is 6.18 Å². The Hall–Kier alpha value is -7.92. The topological polar surface area (TPSA) is 159 Å². The molecule has 4 heterocycles. The Morgan fingerprint density at radius 2 is 0.973 bits per heavy atom. The lowest BCUT2D eigenvalue weighted by Crippen LogP contribution is -2.43. The molecule has 10 rings (SSSR count). The highest BCUT2D eigenvalue weighted by Gasteiger charge is 2.34. The number of nitrogens with zero attached hydrogens (tertiary/aromatic N) is 6. The Kier molecular flexibility index (Phi) is 15.4. The van der Waals surface area contributed by atoms with Crippen LogP contribution in [0.15, 0.2) is 109 Å². The Balaban J connectivity index is 0.000000184. The fraction of sp³-hybridized carbons (Fsp3) is 0.176. The molecule has 0 saturated carbocycles. The third kappa shape index (κ3) is 12.4. The number of halogens is 10. The summed E-state index contributed by atoms with van der Waals surface area (Å²) in [6, 6.07) is 19.1. The largest absolute Gasteiger partial charge is 0.454 e. The lowest BCUT2D eigenvalue weighted by molar-refractivity contribution is -0.137. The van der Waals surface area contributed by atoms with Gasteiger partial charge in [-0.1, -0.05) is 23.2 Å². The molecule has 4 N–H and O–H groups in total. The standard InChI is InChI=1S/C26H19ClF5N5O2.C25H19ClF3N5O2/c27-18-3-1-14(9-17(18)26(30,31)32)25(38)35-15-10-19(28)24(29)22(11-15)39-16-2-4-20-21(12-16)36-23(13-34-20)37-7-5-33-6-8-37;26-17-3-1-14(9-18(17)27)25(35)32-15-10-19(28)24(29)22(11-15)36-16-2-4-20-21(12-16)33-23(13-31-20)34-7-5-30-6-8-34/h1-4,9-13,33H,5-8H2,(H,35,38);1-4,9-13,30H,5-8H2,(H,32,35). The molecule has 2 aliphatic rings. The van der Waals surface area contributed by atoms with Gasteiger partial charge < -0.3 is 40.5 Å². The number of rotatable bonds is 10. The van der Waals surface area contributed by atoms with Gasteiger partial charge in [0.05, 0.1) is 50.1 Å². The van der Waals surface area contributed by atoms with Gasteiger partial charge in [-0.25, -0.2) is 23.1 Å². The van der Waals surface area contributed by atoms with E-state index < -0.39 is 69.2 Å². The van der Waals surface area contributed by atoms with Crippen LogP contribution >= 0.6 is 23.2 Å². The summed E-state index contributed by atoms with van der Waals surface area (Å²) in [5.74, 6) is -6.91. The monoisotopic (exact) mass is 1080 g/mol. The molecular formula is C51H38Cl2F8N10O4. The maximum Gasteiger partial charge on any atom is 0.417 e. The third-order valence-electron chi connectivity index (χ3n) is 11.6. The summed E-state index contributed by atoms with van der Waals surface area (Å²) in [4.78, 5) is 47.3. The van der Waals surface area contributed by atoms with Gasteiger partial charge in [-0.15, -0.1) is 0 Å². The predicted molar refractivity (Wildman–Crippen MR) is 266 cm³/mol.